The number of nitrogens with two attached hydrogens (primary N) is 1. The van der Waals surface area contributed by atoms with Crippen LogP contribution in [0.2, 0.25) is 0 Å². The molecule has 2 aliphatic heterocycles. The monoisotopic (exact) mass is 782 g/mol. The Morgan fingerprint density at radius 1 is 0.776 bits per heavy atom. The molecule has 0 radical (unpaired) electrons. The van der Waals surface area contributed by atoms with Crippen molar-refractivity contribution in [2.45, 2.75) is 66.5 Å². The van der Waals surface area contributed by atoms with Crippen LogP contribution in [-0.2, 0) is 25.9 Å². The first-order valence-electron chi connectivity index (χ1n) is 18.7. The van der Waals surface area contributed by atoms with E-state index in [-0.39, 0.29) is 33.3 Å². The number of carboxylic acid groups (broad SMARTS) is 1. The molecule has 2 aromatic carbocycles. The van der Waals surface area contributed by atoms with Crippen molar-refractivity contribution in [1.82, 2.24) is 39.2 Å². The average Bonchev–Trinajstić information content (AvgIpc) is 3.73. The number of carbonyl (C=O) groups is 1. The van der Waals surface area contributed by atoms with Crippen LogP contribution in [0.15, 0.2) is 104 Å². The highest BCUT2D eigenvalue weighted by Crippen LogP contribution is 2.31. The predicted octanol–water partition coefficient (Wildman–Crippen LogP) is 5.72. The molecule has 0 bridgehead atoms. The summed E-state index contributed by atoms with van der Waals surface area (Å²) in [5.41, 5.74) is 8.51. The van der Waals surface area contributed by atoms with Crippen molar-refractivity contribution < 1.29 is 19.6 Å². The summed E-state index contributed by atoms with van der Waals surface area (Å²) < 4.78 is 8.96. The largest absolute Gasteiger partial charge is 0.478 e. The molecule has 16 heteroatoms. The zero-order valence-corrected chi connectivity index (χ0v) is 32.5. The molecule has 0 saturated heterocycles. The Kier molecular flexibility index (Phi) is 10.7. The Hall–Kier alpha value is -7.10. The van der Waals surface area contributed by atoms with Gasteiger partial charge < -0.3 is 20.6 Å². The number of fused-ring (bicyclic) bond motifs is 4. The van der Waals surface area contributed by atoms with Gasteiger partial charge in [-0.2, -0.15) is 4.98 Å². The molecule has 7 aromatic rings. The van der Waals surface area contributed by atoms with Gasteiger partial charge >= 0.3 is 5.97 Å². The average molecular weight is 783 g/mol. The van der Waals surface area contributed by atoms with Gasteiger partial charge in [-0.05, 0) is 84.3 Å². The van der Waals surface area contributed by atoms with E-state index >= 15 is 0 Å². The predicted molar refractivity (Wildman–Crippen MR) is 216 cm³/mol. The van der Waals surface area contributed by atoms with E-state index in [0.717, 1.165) is 42.9 Å². The van der Waals surface area contributed by atoms with E-state index in [1.54, 1.807) is 47.3 Å². The highest BCUT2D eigenvalue weighted by atomic mass is 16.5. The molecule has 5 aromatic heterocycles. The maximum Gasteiger partial charge on any atom is 0.335 e. The van der Waals surface area contributed by atoms with E-state index in [2.05, 4.69) is 57.9 Å². The molecule has 0 saturated carbocycles. The van der Waals surface area contributed by atoms with Crippen LogP contribution in [-0.4, -0.2) is 61.3 Å². The number of nitrogens with zero attached hydrogens (tertiary/aromatic N) is 9. The third-order valence-electron chi connectivity index (χ3n) is 10.1. The number of aromatic carboxylic acids is 1. The number of aryl methyl sites for hydroxylation is 2. The number of carboxylic acids is 1. The Balaban J connectivity index is 0.000000148. The van der Waals surface area contributed by atoms with Crippen molar-refractivity contribution in [1.29, 1.82) is 0 Å². The zero-order chi connectivity index (χ0) is 41.2. The third kappa shape index (κ3) is 8.35. The van der Waals surface area contributed by atoms with Crippen molar-refractivity contribution in [3.63, 3.8) is 0 Å². The van der Waals surface area contributed by atoms with E-state index in [9.17, 15) is 14.4 Å². The topological polar surface area (TPSA) is 230 Å². The summed E-state index contributed by atoms with van der Waals surface area (Å²) in [6.07, 6.45) is 6.80. The third-order valence-corrected chi connectivity index (χ3v) is 10.1. The summed E-state index contributed by atoms with van der Waals surface area (Å²) in [6.45, 7) is 10.0. The second-order valence-corrected chi connectivity index (χ2v) is 15.8. The van der Waals surface area contributed by atoms with Gasteiger partial charge in [0.15, 0.2) is 5.84 Å². The zero-order valence-electron chi connectivity index (χ0n) is 32.5. The number of rotatable bonds is 4. The van der Waals surface area contributed by atoms with Gasteiger partial charge in [0.25, 0.3) is 17.0 Å². The molecule has 0 fully saturated rings. The summed E-state index contributed by atoms with van der Waals surface area (Å²) in [5.74, 6) is 1.42. The smallest absolute Gasteiger partial charge is 0.335 e. The maximum absolute atomic E-state index is 13.0. The number of pyridine rings is 2. The SMILES string of the molecule is CC1(C)CCc2nc3cc(-c4nc(-c5ccccn5)no4)ccc3c(=O)n2C1.CC1(C)CCc2nc3cc(C(=O)O)ccc3c(=O)n2C1.N/C(=N\O)c1ccccn1. The van der Waals surface area contributed by atoms with Crippen LogP contribution in [0, 0.1) is 10.8 Å². The van der Waals surface area contributed by atoms with Crippen LogP contribution in [0.25, 0.3) is 44.8 Å². The molecule has 0 amide bonds. The van der Waals surface area contributed by atoms with Crippen LogP contribution in [0.1, 0.15) is 68.2 Å². The minimum atomic E-state index is -1.01. The van der Waals surface area contributed by atoms with Gasteiger partial charge in [0.1, 0.15) is 23.0 Å². The maximum atomic E-state index is 13.0. The molecule has 0 unspecified atom stereocenters. The number of oxime groups is 1. The Bertz CT molecular complexity index is 2790. The van der Waals surface area contributed by atoms with Crippen LogP contribution in [0.3, 0.4) is 0 Å². The lowest BCUT2D eigenvalue weighted by molar-refractivity contribution is 0.0697. The van der Waals surface area contributed by atoms with Crippen LogP contribution >= 0.6 is 0 Å². The van der Waals surface area contributed by atoms with Crippen molar-refractivity contribution in [2.75, 3.05) is 0 Å². The van der Waals surface area contributed by atoms with E-state index < -0.39 is 5.97 Å². The quantitative estimate of drug-likeness (QED) is 0.0840. The van der Waals surface area contributed by atoms with Crippen LogP contribution in [0.4, 0.5) is 0 Å². The number of benzene rings is 2. The summed E-state index contributed by atoms with van der Waals surface area (Å²) in [5, 5.41) is 25.1. The molecule has 58 heavy (non-hydrogen) atoms. The van der Waals surface area contributed by atoms with Gasteiger partial charge in [-0.25, -0.2) is 14.8 Å². The fourth-order valence-electron chi connectivity index (χ4n) is 6.93. The van der Waals surface area contributed by atoms with Crippen molar-refractivity contribution in [3.8, 4) is 23.0 Å². The lowest BCUT2D eigenvalue weighted by Crippen LogP contribution is -2.36. The van der Waals surface area contributed by atoms with Gasteiger partial charge in [-0.15, -0.1) is 0 Å². The Morgan fingerprint density at radius 2 is 1.36 bits per heavy atom. The summed E-state index contributed by atoms with van der Waals surface area (Å²) in [6, 6.07) is 20.6. The molecular weight excluding hydrogens is 741 g/mol. The molecule has 7 heterocycles. The van der Waals surface area contributed by atoms with E-state index in [1.165, 1.54) is 12.1 Å². The molecule has 0 atom stereocenters. The molecule has 16 nitrogen and oxygen atoms in total. The van der Waals surface area contributed by atoms with Crippen molar-refractivity contribution in [2.24, 2.45) is 21.7 Å². The summed E-state index contributed by atoms with van der Waals surface area (Å²) in [4.78, 5) is 58.2. The molecule has 9 rings (SSSR count). The fourth-order valence-corrected chi connectivity index (χ4v) is 6.93. The number of hydrogen-bond donors (Lipinski definition) is 3. The van der Waals surface area contributed by atoms with Gasteiger partial charge in [0.2, 0.25) is 5.82 Å². The molecule has 4 N–H and O–H groups in total. The minimum Gasteiger partial charge on any atom is -0.478 e. The summed E-state index contributed by atoms with van der Waals surface area (Å²) >= 11 is 0. The lowest BCUT2D eigenvalue weighted by atomic mass is 9.85. The standard InChI is InChI=1S/C21H19N5O2.C15H16N2O3.C6H7N3O/c1-21(2)9-8-17-23-16-11-13(6-7-14(16)20(27)26(17)12-21)19-24-18(25-28-19)15-5-3-4-10-22-15;1-15(2)6-5-12-16-11-7-9(14(19)20)3-4-10(11)13(18)17(12)8-15;7-6(9-10)5-3-1-2-4-8-5/h3-7,10-11H,8-9,12H2,1-2H3;3-4,7H,5-6,8H2,1-2H3,(H,19,20);1-4,10H,(H2,7,9). The fraction of sp³-hybridized carbons (Fsp3) is 0.286. The highest BCUT2D eigenvalue weighted by Gasteiger charge is 2.29. The minimum absolute atomic E-state index is 0.0130. The van der Waals surface area contributed by atoms with Crippen LogP contribution in [0.5, 0.6) is 0 Å². The Morgan fingerprint density at radius 3 is 1.91 bits per heavy atom. The first kappa shape index (κ1) is 39.1. The van der Waals surface area contributed by atoms with E-state index in [4.69, 9.17) is 25.6 Å². The second kappa shape index (κ2) is 15.8. The molecule has 0 spiro atoms. The number of hydrogen-bond acceptors (Lipinski definition) is 12. The number of amidine groups is 1. The van der Waals surface area contributed by atoms with Gasteiger partial charge in [0.05, 0.1) is 27.4 Å². The van der Waals surface area contributed by atoms with Crippen molar-refractivity contribution in [3.05, 3.63) is 129 Å². The van der Waals surface area contributed by atoms with Crippen molar-refractivity contribution >= 4 is 33.6 Å². The normalized spacial score (nSPS) is 15.3. The Labute approximate surface area is 331 Å². The van der Waals surface area contributed by atoms with Gasteiger partial charge in [-0.1, -0.05) is 50.1 Å². The van der Waals surface area contributed by atoms with E-state index in [1.807, 2.05) is 34.9 Å². The first-order valence-corrected chi connectivity index (χ1v) is 18.7. The molecular formula is C42H42N10O6. The second-order valence-electron chi connectivity index (χ2n) is 15.8. The van der Waals surface area contributed by atoms with E-state index in [0.29, 0.717) is 58.0 Å². The molecule has 2 aliphatic rings. The lowest BCUT2D eigenvalue weighted by Gasteiger charge is -2.31. The van der Waals surface area contributed by atoms with Gasteiger partial charge in [0, 0.05) is 43.9 Å². The first-order chi connectivity index (χ1) is 27.7. The highest BCUT2D eigenvalue weighted by molar-refractivity contribution is 5.95. The van der Waals surface area contributed by atoms with Crippen LogP contribution < -0.4 is 16.9 Å². The number of aromatic nitrogens is 8. The molecule has 296 valence electrons. The molecule has 0 aliphatic carbocycles. The van der Waals surface area contributed by atoms with Gasteiger partial charge in [-0.3, -0.25) is 28.7 Å². The summed E-state index contributed by atoms with van der Waals surface area (Å²) in [7, 11) is 0.